The van der Waals surface area contributed by atoms with E-state index in [4.69, 9.17) is 9.84 Å². The highest BCUT2D eigenvalue weighted by atomic mass is 16.7. The molecule has 182 valence electrons. The van der Waals surface area contributed by atoms with Crippen molar-refractivity contribution in [2.45, 2.75) is 70.2 Å². The van der Waals surface area contributed by atoms with Gasteiger partial charge in [0.2, 0.25) is 5.91 Å². The number of hydrogen-bond donors (Lipinski definition) is 4. The Morgan fingerprint density at radius 1 is 1.24 bits per heavy atom. The van der Waals surface area contributed by atoms with Gasteiger partial charge in [0, 0.05) is 25.3 Å². The first-order valence-electron chi connectivity index (χ1n) is 11.8. The highest BCUT2D eigenvalue weighted by Crippen LogP contribution is 2.38. The Morgan fingerprint density at radius 2 is 2.00 bits per heavy atom. The number of carbonyl (C=O) groups excluding carboxylic acids is 1. The van der Waals surface area contributed by atoms with E-state index >= 15 is 0 Å². The molecule has 0 heterocycles. The van der Waals surface area contributed by atoms with Crippen LogP contribution in [0.3, 0.4) is 0 Å². The fourth-order valence-corrected chi connectivity index (χ4v) is 4.29. The summed E-state index contributed by atoms with van der Waals surface area (Å²) in [6.07, 6.45) is 8.15. The topological polar surface area (TPSA) is 116 Å². The van der Waals surface area contributed by atoms with E-state index in [9.17, 15) is 19.8 Å². The first-order chi connectivity index (χ1) is 15.9. The van der Waals surface area contributed by atoms with Crippen LogP contribution in [0.25, 0.3) is 0 Å². The summed E-state index contributed by atoms with van der Waals surface area (Å²) in [4.78, 5) is 22.6. The minimum Gasteiger partial charge on any atom is -0.450 e. The van der Waals surface area contributed by atoms with Crippen LogP contribution < -0.4 is 5.32 Å². The fourth-order valence-electron chi connectivity index (χ4n) is 4.29. The average Bonchev–Trinajstić information content (AvgIpc) is 3.07. The third-order valence-corrected chi connectivity index (χ3v) is 5.99. The Kier molecular flexibility index (Phi) is 11.7. The number of benzene rings is 1. The number of ether oxygens (including phenoxy) is 1. The average molecular weight is 460 g/mol. The molecule has 1 saturated carbocycles. The maximum atomic E-state index is 11.5. The third kappa shape index (κ3) is 9.80. The molecule has 5 atom stereocenters. The maximum absolute atomic E-state index is 11.5. The number of aliphatic hydroxyl groups is 2. The van der Waals surface area contributed by atoms with E-state index in [1.807, 2.05) is 49.4 Å². The van der Waals surface area contributed by atoms with Crippen molar-refractivity contribution in [3.63, 3.8) is 0 Å². The molecule has 1 fully saturated rings. The van der Waals surface area contributed by atoms with Crippen molar-refractivity contribution in [1.82, 2.24) is 5.32 Å². The van der Waals surface area contributed by atoms with E-state index < -0.39 is 24.5 Å². The van der Waals surface area contributed by atoms with Gasteiger partial charge in [-0.25, -0.2) is 4.79 Å². The van der Waals surface area contributed by atoms with Crippen LogP contribution in [0, 0.1) is 11.8 Å². The molecule has 0 aromatic heterocycles. The maximum Gasteiger partial charge on any atom is 0.506 e. The van der Waals surface area contributed by atoms with Gasteiger partial charge in [-0.15, -0.1) is 0 Å². The lowest BCUT2D eigenvalue weighted by atomic mass is 9.89. The van der Waals surface area contributed by atoms with Crippen LogP contribution in [0.1, 0.15) is 51.0 Å². The fraction of sp³-hybridized carbons (Fsp3) is 0.538. The molecule has 7 nitrogen and oxygen atoms in total. The number of carboxylic acid groups (broad SMARTS) is 1. The third-order valence-electron chi connectivity index (χ3n) is 5.99. The Morgan fingerprint density at radius 3 is 2.70 bits per heavy atom. The zero-order valence-corrected chi connectivity index (χ0v) is 19.3. The highest BCUT2D eigenvalue weighted by molar-refractivity contribution is 5.75. The number of carbonyl (C=O) groups is 2. The van der Waals surface area contributed by atoms with E-state index in [2.05, 4.69) is 5.32 Å². The first kappa shape index (κ1) is 26.6. The summed E-state index contributed by atoms with van der Waals surface area (Å²) in [6, 6.07) is 9.90. The highest BCUT2D eigenvalue weighted by Gasteiger charge is 2.42. The second kappa shape index (κ2) is 14.5. The van der Waals surface area contributed by atoms with Gasteiger partial charge < -0.3 is 25.4 Å². The van der Waals surface area contributed by atoms with Crippen LogP contribution in [-0.4, -0.2) is 52.2 Å². The number of aryl methyl sites for hydroxylation is 1. The number of amides is 1. The number of rotatable bonds is 13. The van der Waals surface area contributed by atoms with Gasteiger partial charge in [0.1, 0.15) is 6.10 Å². The quantitative estimate of drug-likeness (QED) is 0.202. The predicted octanol–water partition coefficient (Wildman–Crippen LogP) is 3.85. The Labute approximate surface area is 196 Å². The zero-order valence-electron chi connectivity index (χ0n) is 19.3. The van der Waals surface area contributed by atoms with E-state index in [1.165, 1.54) is 0 Å². The lowest BCUT2D eigenvalue weighted by molar-refractivity contribution is -0.121. The lowest BCUT2D eigenvalue weighted by Gasteiger charge is -2.21. The zero-order chi connectivity index (χ0) is 24.1. The van der Waals surface area contributed by atoms with Gasteiger partial charge in [-0.2, -0.15) is 0 Å². The molecule has 4 N–H and O–H groups in total. The summed E-state index contributed by atoms with van der Waals surface area (Å²) < 4.78 is 5.04. The molecule has 1 aliphatic carbocycles. The van der Waals surface area contributed by atoms with Crippen molar-refractivity contribution in [3.05, 3.63) is 60.2 Å². The SMILES string of the molecule is CCNC(=O)CCCC=CCC1C(O)CC(OC(=O)O)C1C=C[C@@H](O)CCc1ccccc1. The molecule has 0 radical (unpaired) electrons. The molecule has 1 aliphatic rings. The van der Waals surface area contributed by atoms with E-state index in [0.29, 0.717) is 25.8 Å². The van der Waals surface area contributed by atoms with Crippen molar-refractivity contribution in [2.24, 2.45) is 11.8 Å². The predicted molar refractivity (Wildman–Crippen MR) is 127 cm³/mol. The van der Waals surface area contributed by atoms with Gasteiger partial charge in [0.15, 0.2) is 0 Å². The van der Waals surface area contributed by atoms with Crippen molar-refractivity contribution in [2.75, 3.05) is 6.54 Å². The minimum atomic E-state index is -1.36. The number of unbranched alkanes of at least 4 members (excludes halogenated alkanes) is 1. The van der Waals surface area contributed by atoms with Crippen LogP contribution in [-0.2, 0) is 16.0 Å². The molecular weight excluding hydrogens is 422 g/mol. The van der Waals surface area contributed by atoms with Gasteiger partial charge in [-0.3, -0.25) is 4.79 Å². The van der Waals surface area contributed by atoms with Gasteiger partial charge in [0.25, 0.3) is 0 Å². The number of aliphatic hydroxyl groups excluding tert-OH is 2. The molecule has 2 rings (SSSR count). The molecule has 1 amide bonds. The van der Waals surface area contributed by atoms with Gasteiger partial charge >= 0.3 is 6.16 Å². The molecule has 0 saturated heterocycles. The van der Waals surface area contributed by atoms with Crippen molar-refractivity contribution < 1.29 is 29.6 Å². The van der Waals surface area contributed by atoms with Crippen LogP contribution in [0.5, 0.6) is 0 Å². The summed E-state index contributed by atoms with van der Waals surface area (Å²) in [7, 11) is 0. The molecule has 1 aromatic rings. The largest absolute Gasteiger partial charge is 0.506 e. The lowest BCUT2D eigenvalue weighted by Crippen LogP contribution is -2.24. The Bertz CT molecular complexity index is 778. The molecular formula is C26H37NO6. The Balaban J connectivity index is 1.91. The normalized spacial score (nSPS) is 23.7. The molecule has 7 heteroatoms. The summed E-state index contributed by atoms with van der Waals surface area (Å²) in [5.41, 5.74) is 1.14. The second-order valence-electron chi connectivity index (χ2n) is 8.50. The number of allylic oxidation sites excluding steroid dienone is 2. The molecule has 0 bridgehead atoms. The van der Waals surface area contributed by atoms with Crippen LogP contribution in [0.4, 0.5) is 4.79 Å². The van der Waals surface area contributed by atoms with Crippen molar-refractivity contribution in [3.8, 4) is 0 Å². The number of hydrogen-bond acceptors (Lipinski definition) is 5. The monoisotopic (exact) mass is 459 g/mol. The standard InChI is InChI=1S/C26H37NO6/c1-2-27-25(30)13-9-4-3-8-12-21-22(24(18-23(21)29)33-26(31)32)17-16-20(28)15-14-19-10-6-5-7-11-19/h3,5-8,10-11,16-17,20-24,28-29H,2,4,9,12-15,18H2,1H3,(H,27,30)(H,31,32)/t20-,21?,22?,23?,24?/m0/s1. The smallest absolute Gasteiger partial charge is 0.450 e. The van der Waals surface area contributed by atoms with Crippen LogP contribution in [0.15, 0.2) is 54.6 Å². The summed E-state index contributed by atoms with van der Waals surface area (Å²) >= 11 is 0. The van der Waals surface area contributed by atoms with E-state index in [-0.39, 0.29) is 24.2 Å². The van der Waals surface area contributed by atoms with Crippen molar-refractivity contribution >= 4 is 12.1 Å². The Hall–Kier alpha value is -2.64. The minimum absolute atomic E-state index is 0.0433. The molecule has 4 unspecified atom stereocenters. The number of nitrogens with one attached hydrogen (secondary N) is 1. The first-order valence-corrected chi connectivity index (χ1v) is 11.8. The summed E-state index contributed by atoms with van der Waals surface area (Å²) in [6.45, 7) is 2.52. The van der Waals surface area contributed by atoms with E-state index in [0.717, 1.165) is 24.8 Å². The van der Waals surface area contributed by atoms with Gasteiger partial charge in [0.05, 0.1) is 12.2 Å². The molecule has 0 aliphatic heterocycles. The van der Waals surface area contributed by atoms with Crippen LogP contribution in [0.2, 0.25) is 0 Å². The van der Waals surface area contributed by atoms with Gasteiger partial charge in [-0.05, 0) is 50.5 Å². The summed E-state index contributed by atoms with van der Waals surface area (Å²) in [5, 5.41) is 32.8. The van der Waals surface area contributed by atoms with E-state index in [1.54, 1.807) is 12.2 Å². The van der Waals surface area contributed by atoms with Crippen molar-refractivity contribution in [1.29, 1.82) is 0 Å². The molecule has 33 heavy (non-hydrogen) atoms. The van der Waals surface area contributed by atoms with Crippen LogP contribution >= 0.6 is 0 Å². The summed E-state index contributed by atoms with van der Waals surface area (Å²) in [5.74, 6) is -0.476. The van der Waals surface area contributed by atoms with Gasteiger partial charge in [-0.1, -0.05) is 54.6 Å². The molecule has 0 spiro atoms. The second-order valence-corrected chi connectivity index (χ2v) is 8.50. The molecule has 1 aromatic carbocycles.